The van der Waals surface area contributed by atoms with Gasteiger partial charge in [0.2, 0.25) is 10.0 Å². The largest absolute Gasteiger partial charge is 0.416 e. The van der Waals surface area contributed by atoms with Gasteiger partial charge in [-0.2, -0.15) is 13.2 Å². The lowest BCUT2D eigenvalue weighted by atomic mass is 10.0. The topological polar surface area (TPSA) is 66.5 Å². The van der Waals surface area contributed by atoms with Crippen molar-refractivity contribution in [3.05, 3.63) is 57.1 Å². The van der Waals surface area contributed by atoms with Crippen molar-refractivity contribution >= 4 is 50.5 Å². The molecule has 2 aromatic carbocycles. The predicted molar refractivity (Wildman–Crippen MR) is 116 cm³/mol. The number of halogens is 5. The number of anilines is 2. The molecule has 1 aliphatic heterocycles. The molecule has 2 aromatic rings. The van der Waals surface area contributed by atoms with Crippen LogP contribution in [0.5, 0.6) is 0 Å². The zero-order chi connectivity index (χ0) is 23.0. The second-order valence-electron chi connectivity index (χ2n) is 7.15. The number of hydrogen-bond donors (Lipinski definition) is 1. The molecule has 0 aromatic heterocycles. The summed E-state index contributed by atoms with van der Waals surface area (Å²) in [6.07, 6.45) is -3.12. The molecule has 0 radical (unpaired) electrons. The average Bonchev–Trinajstić information content (AvgIpc) is 3.02. The summed E-state index contributed by atoms with van der Waals surface area (Å²) in [5, 5.41) is 2.26. The zero-order valence-corrected chi connectivity index (χ0v) is 18.7. The van der Waals surface area contributed by atoms with Gasteiger partial charge in [0.05, 0.1) is 32.6 Å². The van der Waals surface area contributed by atoms with Crippen molar-refractivity contribution in [3.8, 4) is 0 Å². The normalized spacial score (nSPS) is 15.9. The van der Waals surface area contributed by atoms with Gasteiger partial charge in [0.25, 0.3) is 5.91 Å². The van der Waals surface area contributed by atoms with Crippen molar-refractivity contribution in [2.24, 2.45) is 0 Å². The molecule has 1 N–H and O–H groups in total. The van der Waals surface area contributed by atoms with E-state index in [1.807, 2.05) is 6.92 Å². The Labute approximate surface area is 188 Å². The van der Waals surface area contributed by atoms with Crippen molar-refractivity contribution in [2.75, 3.05) is 21.9 Å². The molecule has 0 bridgehead atoms. The van der Waals surface area contributed by atoms with Crippen molar-refractivity contribution in [3.63, 3.8) is 0 Å². The number of aryl methyl sites for hydroxylation is 1. The lowest BCUT2D eigenvalue weighted by Crippen LogP contribution is -2.25. The molecule has 0 atom stereocenters. The number of amides is 1. The van der Waals surface area contributed by atoms with Gasteiger partial charge in [0.1, 0.15) is 0 Å². The number of nitrogens with zero attached hydrogens (tertiary/aromatic N) is 1. The third-order valence-electron chi connectivity index (χ3n) is 4.76. The Bertz CT molecular complexity index is 1120. The molecule has 1 saturated heterocycles. The van der Waals surface area contributed by atoms with Crippen LogP contribution in [0.4, 0.5) is 24.5 Å². The molecule has 31 heavy (non-hydrogen) atoms. The second kappa shape index (κ2) is 8.88. The fraction of sp³-hybridized carbons (Fsp3) is 0.350. The smallest absolute Gasteiger partial charge is 0.322 e. The first-order valence-corrected chi connectivity index (χ1v) is 11.8. The maximum Gasteiger partial charge on any atom is 0.416 e. The van der Waals surface area contributed by atoms with Crippen LogP contribution < -0.4 is 9.62 Å². The van der Waals surface area contributed by atoms with E-state index < -0.39 is 27.7 Å². The fourth-order valence-electron chi connectivity index (χ4n) is 3.37. The van der Waals surface area contributed by atoms with Crippen LogP contribution in [0, 0.1) is 0 Å². The average molecular weight is 495 g/mol. The molecule has 1 aliphatic rings. The molecule has 11 heteroatoms. The summed E-state index contributed by atoms with van der Waals surface area (Å²) in [4.78, 5) is 12.8. The minimum atomic E-state index is -4.58. The quantitative estimate of drug-likeness (QED) is 0.574. The monoisotopic (exact) mass is 494 g/mol. The van der Waals surface area contributed by atoms with Gasteiger partial charge in [-0.25, -0.2) is 8.42 Å². The SMILES string of the molecule is CCCc1cc(NC(=O)c2cc(N3CCCS3(=O)=O)cc(Cl)c2Cl)cc(C(F)(F)F)c1. The lowest BCUT2D eigenvalue weighted by Gasteiger charge is -2.19. The Hall–Kier alpha value is -1.97. The Morgan fingerprint density at radius 1 is 1.16 bits per heavy atom. The van der Waals surface area contributed by atoms with Gasteiger partial charge in [-0.05, 0) is 48.7 Å². The molecule has 0 unspecified atom stereocenters. The number of hydrogen-bond acceptors (Lipinski definition) is 3. The highest BCUT2D eigenvalue weighted by Gasteiger charge is 2.32. The van der Waals surface area contributed by atoms with Gasteiger partial charge in [0.15, 0.2) is 0 Å². The number of carbonyl (C=O) groups excluding carboxylic acids is 1. The number of nitrogens with one attached hydrogen (secondary N) is 1. The summed E-state index contributed by atoms with van der Waals surface area (Å²) in [5.74, 6) is -0.828. The predicted octanol–water partition coefficient (Wildman–Crippen LogP) is 5.76. The third kappa shape index (κ3) is 5.27. The van der Waals surface area contributed by atoms with Crippen LogP contribution in [0.15, 0.2) is 30.3 Å². The molecule has 0 saturated carbocycles. The van der Waals surface area contributed by atoms with E-state index in [1.165, 1.54) is 18.2 Å². The van der Waals surface area contributed by atoms with E-state index in [4.69, 9.17) is 23.2 Å². The molecule has 1 heterocycles. The van der Waals surface area contributed by atoms with Gasteiger partial charge < -0.3 is 5.32 Å². The Balaban J connectivity index is 1.98. The number of sulfonamides is 1. The van der Waals surface area contributed by atoms with Crippen molar-refractivity contribution in [2.45, 2.75) is 32.4 Å². The molecule has 0 aliphatic carbocycles. The highest BCUT2D eigenvalue weighted by Crippen LogP contribution is 2.36. The van der Waals surface area contributed by atoms with E-state index in [0.29, 0.717) is 24.8 Å². The summed E-state index contributed by atoms with van der Waals surface area (Å²) < 4.78 is 65.3. The molecular weight excluding hydrogens is 476 g/mol. The summed E-state index contributed by atoms with van der Waals surface area (Å²) >= 11 is 12.3. The van der Waals surface area contributed by atoms with Crippen LogP contribution in [0.1, 0.15) is 41.3 Å². The summed E-state index contributed by atoms with van der Waals surface area (Å²) in [6, 6.07) is 5.95. The summed E-state index contributed by atoms with van der Waals surface area (Å²) in [7, 11) is -3.53. The van der Waals surface area contributed by atoms with Crippen LogP contribution in [-0.2, 0) is 22.6 Å². The van der Waals surface area contributed by atoms with E-state index in [2.05, 4.69) is 5.32 Å². The first-order valence-electron chi connectivity index (χ1n) is 9.44. The van der Waals surface area contributed by atoms with Crippen LogP contribution in [0.3, 0.4) is 0 Å². The minimum Gasteiger partial charge on any atom is -0.322 e. The molecule has 5 nitrogen and oxygen atoms in total. The Kier molecular flexibility index (Phi) is 6.78. The van der Waals surface area contributed by atoms with Crippen molar-refractivity contribution in [1.82, 2.24) is 0 Å². The Morgan fingerprint density at radius 2 is 1.87 bits per heavy atom. The van der Waals surface area contributed by atoms with E-state index in [9.17, 15) is 26.4 Å². The lowest BCUT2D eigenvalue weighted by molar-refractivity contribution is -0.137. The molecule has 168 valence electrons. The van der Waals surface area contributed by atoms with Gasteiger partial charge in [-0.3, -0.25) is 9.10 Å². The molecule has 1 amide bonds. The number of carbonyl (C=O) groups is 1. The van der Waals surface area contributed by atoms with E-state index >= 15 is 0 Å². The first-order chi connectivity index (χ1) is 14.4. The first kappa shape index (κ1) is 23.7. The van der Waals surface area contributed by atoms with Crippen molar-refractivity contribution in [1.29, 1.82) is 0 Å². The zero-order valence-electron chi connectivity index (χ0n) is 16.4. The number of alkyl halides is 3. The number of rotatable bonds is 5. The van der Waals surface area contributed by atoms with Crippen LogP contribution in [0.25, 0.3) is 0 Å². The second-order valence-corrected chi connectivity index (χ2v) is 9.95. The maximum atomic E-state index is 13.3. The number of benzene rings is 2. The van der Waals surface area contributed by atoms with Crippen LogP contribution in [0.2, 0.25) is 10.0 Å². The van der Waals surface area contributed by atoms with Crippen LogP contribution in [-0.4, -0.2) is 26.6 Å². The summed E-state index contributed by atoms with van der Waals surface area (Å²) in [6.45, 7) is 2.06. The van der Waals surface area contributed by atoms with Crippen molar-refractivity contribution < 1.29 is 26.4 Å². The molecule has 3 rings (SSSR count). The fourth-order valence-corrected chi connectivity index (χ4v) is 5.33. The molecular formula is C20H19Cl2F3N2O3S. The highest BCUT2D eigenvalue weighted by molar-refractivity contribution is 7.93. The highest BCUT2D eigenvalue weighted by atomic mass is 35.5. The van der Waals surface area contributed by atoms with E-state index in [1.54, 1.807) is 0 Å². The van der Waals surface area contributed by atoms with Gasteiger partial charge >= 0.3 is 6.18 Å². The van der Waals surface area contributed by atoms with Gasteiger partial charge in [0, 0.05) is 12.2 Å². The van der Waals surface area contributed by atoms with Gasteiger partial charge in [-0.15, -0.1) is 0 Å². The third-order valence-corrected chi connectivity index (χ3v) is 7.43. The van der Waals surface area contributed by atoms with E-state index in [-0.39, 0.29) is 39.3 Å². The summed E-state index contributed by atoms with van der Waals surface area (Å²) in [5.41, 5.74) is -0.466. The molecule has 1 fully saturated rings. The molecule has 0 spiro atoms. The maximum absolute atomic E-state index is 13.3. The minimum absolute atomic E-state index is 0.0286. The van der Waals surface area contributed by atoms with E-state index in [0.717, 1.165) is 16.4 Å². The standard InChI is InChI=1S/C20H19Cl2F3N2O3S/c1-2-4-12-7-13(20(23,24)25)9-14(8-12)26-19(28)16-10-15(11-17(21)18(16)22)27-5-3-6-31(27,29)30/h7-11H,2-6H2,1H3,(H,26,28). The Morgan fingerprint density at radius 3 is 2.45 bits per heavy atom. The van der Waals surface area contributed by atoms with Gasteiger partial charge in [-0.1, -0.05) is 36.5 Å². The van der Waals surface area contributed by atoms with Crippen LogP contribution >= 0.6 is 23.2 Å².